The topological polar surface area (TPSA) is 101 Å². The number of carbonyl (C=O) groups is 2. The van der Waals surface area contributed by atoms with Gasteiger partial charge in [-0.25, -0.2) is 10.9 Å². The summed E-state index contributed by atoms with van der Waals surface area (Å²) < 4.78 is 10.3. The Morgan fingerprint density at radius 3 is 2.83 bits per heavy atom. The average Bonchev–Trinajstić information content (AvgIpc) is 2.86. The second kappa shape index (κ2) is 7.39. The average molecular weight is 318 g/mol. The molecule has 0 aliphatic carbocycles. The predicted octanol–water partition coefficient (Wildman–Crippen LogP) is 0.666. The van der Waals surface area contributed by atoms with Gasteiger partial charge >= 0.3 is 0 Å². The van der Waals surface area contributed by atoms with Gasteiger partial charge in [0.2, 0.25) is 11.8 Å². The van der Waals surface area contributed by atoms with Crippen LogP contribution in [0.3, 0.4) is 0 Å². The van der Waals surface area contributed by atoms with Crippen molar-refractivity contribution in [2.24, 2.45) is 16.1 Å². The standard InChI is InChI=1S/C15H18N4O4/c1-9-12(15(21)19-17-9)7-14(20)18-16-8-10-6-11(22-2)4-5-13(10)23-3/h4-6,8,12H,7H2,1-3H3,(H,18,20)(H,19,21). The second-order valence-corrected chi connectivity index (χ2v) is 4.89. The molecule has 1 heterocycles. The number of benzene rings is 1. The molecule has 0 fully saturated rings. The number of methoxy groups -OCH3 is 2. The first-order chi connectivity index (χ1) is 11.0. The van der Waals surface area contributed by atoms with Gasteiger partial charge in [-0.2, -0.15) is 10.2 Å². The third-order valence-corrected chi connectivity index (χ3v) is 3.38. The highest BCUT2D eigenvalue weighted by Crippen LogP contribution is 2.22. The van der Waals surface area contributed by atoms with Crippen molar-refractivity contribution in [1.82, 2.24) is 10.9 Å². The lowest BCUT2D eigenvalue weighted by atomic mass is 10.0. The first-order valence-electron chi connectivity index (χ1n) is 6.93. The summed E-state index contributed by atoms with van der Waals surface area (Å²) in [5.74, 6) is 0.0438. The molecule has 1 atom stereocenters. The Hall–Kier alpha value is -2.90. The van der Waals surface area contributed by atoms with E-state index in [4.69, 9.17) is 9.47 Å². The number of hydrazone groups is 2. The molecule has 1 aliphatic heterocycles. The van der Waals surface area contributed by atoms with E-state index in [-0.39, 0.29) is 18.2 Å². The van der Waals surface area contributed by atoms with E-state index in [0.717, 1.165) is 0 Å². The van der Waals surface area contributed by atoms with Gasteiger partial charge in [0.15, 0.2) is 0 Å². The van der Waals surface area contributed by atoms with Crippen molar-refractivity contribution < 1.29 is 19.1 Å². The van der Waals surface area contributed by atoms with E-state index in [1.165, 1.54) is 6.21 Å². The maximum absolute atomic E-state index is 11.8. The van der Waals surface area contributed by atoms with Crippen LogP contribution in [0.2, 0.25) is 0 Å². The van der Waals surface area contributed by atoms with Gasteiger partial charge in [-0.15, -0.1) is 0 Å². The van der Waals surface area contributed by atoms with Crippen molar-refractivity contribution >= 4 is 23.7 Å². The van der Waals surface area contributed by atoms with Crippen LogP contribution < -0.4 is 20.3 Å². The fourth-order valence-corrected chi connectivity index (χ4v) is 2.07. The zero-order valence-electron chi connectivity index (χ0n) is 13.1. The van der Waals surface area contributed by atoms with Gasteiger partial charge in [0.05, 0.1) is 26.4 Å². The van der Waals surface area contributed by atoms with Crippen LogP contribution in [0.4, 0.5) is 0 Å². The minimum absolute atomic E-state index is 0.00620. The molecule has 8 nitrogen and oxygen atoms in total. The number of carbonyl (C=O) groups excluding carboxylic acids is 2. The Morgan fingerprint density at radius 1 is 1.43 bits per heavy atom. The molecular weight excluding hydrogens is 300 g/mol. The zero-order valence-corrected chi connectivity index (χ0v) is 13.1. The Morgan fingerprint density at radius 2 is 2.22 bits per heavy atom. The van der Waals surface area contributed by atoms with E-state index in [0.29, 0.717) is 22.8 Å². The minimum atomic E-state index is -0.545. The van der Waals surface area contributed by atoms with Gasteiger partial charge < -0.3 is 9.47 Å². The SMILES string of the molecule is COc1ccc(OC)c(C=NNC(=O)CC2C(=O)NN=C2C)c1. The lowest BCUT2D eigenvalue weighted by molar-refractivity contribution is -0.127. The van der Waals surface area contributed by atoms with E-state index in [9.17, 15) is 9.59 Å². The smallest absolute Gasteiger partial charge is 0.249 e. The number of hydrogen-bond acceptors (Lipinski definition) is 6. The van der Waals surface area contributed by atoms with Crippen LogP contribution in [-0.2, 0) is 9.59 Å². The molecule has 8 heteroatoms. The zero-order chi connectivity index (χ0) is 16.8. The first-order valence-corrected chi connectivity index (χ1v) is 6.93. The fraction of sp³-hybridized carbons (Fsp3) is 0.333. The van der Waals surface area contributed by atoms with Crippen LogP contribution in [0.15, 0.2) is 28.4 Å². The van der Waals surface area contributed by atoms with E-state index in [1.54, 1.807) is 39.3 Å². The molecule has 0 bridgehead atoms. The lowest BCUT2D eigenvalue weighted by Gasteiger charge is -2.07. The Bertz CT molecular complexity index is 669. The molecule has 23 heavy (non-hydrogen) atoms. The molecule has 1 aromatic rings. The third kappa shape index (κ3) is 4.06. The van der Waals surface area contributed by atoms with Gasteiger partial charge in [0.1, 0.15) is 11.5 Å². The molecule has 0 saturated heterocycles. The van der Waals surface area contributed by atoms with E-state index < -0.39 is 5.92 Å². The monoisotopic (exact) mass is 318 g/mol. The lowest BCUT2D eigenvalue weighted by Crippen LogP contribution is -2.29. The van der Waals surface area contributed by atoms with E-state index >= 15 is 0 Å². The summed E-state index contributed by atoms with van der Waals surface area (Å²) in [6.07, 6.45) is 1.45. The molecular formula is C15H18N4O4. The summed E-state index contributed by atoms with van der Waals surface area (Å²) >= 11 is 0. The normalized spacial score (nSPS) is 16.9. The molecule has 0 radical (unpaired) electrons. The van der Waals surface area contributed by atoms with Crippen LogP contribution >= 0.6 is 0 Å². The molecule has 2 rings (SSSR count). The molecule has 0 spiro atoms. The van der Waals surface area contributed by atoms with Crippen LogP contribution in [-0.4, -0.2) is 38.0 Å². The largest absolute Gasteiger partial charge is 0.497 e. The summed E-state index contributed by atoms with van der Waals surface area (Å²) in [7, 11) is 3.10. The fourth-order valence-electron chi connectivity index (χ4n) is 2.07. The summed E-state index contributed by atoms with van der Waals surface area (Å²) in [6, 6.07) is 5.23. The van der Waals surface area contributed by atoms with Crippen molar-refractivity contribution in [1.29, 1.82) is 0 Å². The molecule has 2 N–H and O–H groups in total. The van der Waals surface area contributed by atoms with Crippen molar-refractivity contribution in [3.05, 3.63) is 23.8 Å². The Balaban J connectivity index is 1.97. The maximum atomic E-state index is 11.8. The molecule has 122 valence electrons. The third-order valence-electron chi connectivity index (χ3n) is 3.38. The number of nitrogens with zero attached hydrogens (tertiary/aromatic N) is 2. The quantitative estimate of drug-likeness (QED) is 0.594. The Labute approximate surface area is 133 Å². The van der Waals surface area contributed by atoms with Gasteiger partial charge in [0, 0.05) is 17.7 Å². The van der Waals surface area contributed by atoms with Gasteiger partial charge in [0.25, 0.3) is 0 Å². The van der Waals surface area contributed by atoms with Crippen molar-refractivity contribution in [2.75, 3.05) is 14.2 Å². The van der Waals surface area contributed by atoms with Crippen molar-refractivity contribution in [3.63, 3.8) is 0 Å². The molecule has 1 aromatic carbocycles. The van der Waals surface area contributed by atoms with Crippen molar-refractivity contribution in [3.8, 4) is 11.5 Å². The molecule has 1 unspecified atom stereocenters. The minimum Gasteiger partial charge on any atom is -0.497 e. The van der Waals surface area contributed by atoms with Crippen LogP contribution in [0.5, 0.6) is 11.5 Å². The second-order valence-electron chi connectivity index (χ2n) is 4.89. The maximum Gasteiger partial charge on any atom is 0.249 e. The van der Waals surface area contributed by atoms with E-state index in [2.05, 4.69) is 21.1 Å². The molecule has 1 aliphatic rings. The van der Waals surface area contributed by atoms with Crippen molar-refractivity contribution in [2.45, 2.75) is 13.3 Å². The highest BCUT2D eigenvalue weighted by Gasteiger charge is 2.28. The number of nitrogens with one attached hydrogen (secondary N) is 2. The van der Waals surface area contributed by atoms with Gasteiger partial charge in [-0.3, -0.25) is 9.59 Å². The molecule has 0 saturated carbocycles. The summed E-state index contributed by atoms with van der Waals surface area (Å²) in [6.45, 7) is 1.69. The molecule has 0 aromatic heterocycles. The van der Waals surface area contributed by atoms with Crippen LogP contribution in [0.1, 0.15) is 18.9 Å². The highest BCUT2D eigenvalue weighted by molar-refractivity contribution is 6.09. The Kier molecular flexibility index (Phi) is 5.29. The first kappa shape index (κ1) is 16.5. The highest BCUT2D eigenvalue weighted by atomic mass is 16.5. The summed E-state index contributed by atoms with van der Waals surface area (Å²) in [5.41, 5.74) is 5.96. The predicted molar refractivity (Wildman–Crippen MR) is 84.6 cm³/mol. The number of amides is 2. The van der Waals surface area contributed by atoms with Crippen LogP contribution in [0, 0.1) is 5.92 Å². The summed E-state index contributed by atoms with van der Waals surface area (Å²) in [4.78, 5) is 23.3. The number of rotatable bonds is 6. The summed E-state index contributed by atoms with van der Waals surface area (Å²) in [5, 5.41) is 7.68. The number of ether oxygens (including phenoxy) is 2. The van der Waals surface area contributed by atoms with Gasteiger partial charge in [-0.05, 0) is 25.1 Å². The van der Waals surface area contributed by atoms with Gasteiger partial charge in [-0.1, -0.05) is 0 Å². The molecule has 2 amide bonds. The number of hydrogen-bond donors (Lipinski definition) is 2. The van der Waals surface area contributed by atoms with Crippen LogP contribution in [0.25, 0.3) is 0 Å². The van der Waals surface area contributed by atoms with E-state index in [1.807, 2.05) is 0 Å².